The number of halogens is 1. The molecule has 1 saturated carbocycles. The third kappa shape index (κ3) is 2.50. The zero-order chi connectivity index (χ0) is 9.97. The lowest BCUT2D eigenvalue weighted by Gasteiger charge is -2.09. The standard InChI is InChI=1S/C11H16ClNS/c1-13-9-3-2-8(6-9)7-10-4-5-11(12)14-10/h4-5,8-9,13H,2-3,6-7H2,1H3. The van der Waals surface area contributed by atoms with E-state index in [0.29, 0.717) is 0 Å². The van der Waals surface area contributed by atoms with Gasteiger partial charge in [0.2, 0.25) is 0 Å². The van der Waals surface area contributed by atoms with Gasteiger partial charge >= 0.3 is 0 Å². The van der Waals surface area contributed by atoms with E-state index in [0.717, 1.165) is 16.3 Å². The van der Waals surface area contributed by atoms with Crippen molar-refractivity contribution >= 4 is 22.9 Å². The molecule has 0 bridgehead atoms. The van der Waals surface area contributed by atoms with Crippen LogP contribution >= 0.6 is 22.9 Å². The minimum absolute atomic E-state index is 0.746. The Morgan fingerprint density at radius 2 is 2.36 bits per heavy atom. The lowest BCUT2D eigenvalue weighted by atomic mass is 10.0. The monoisotopic (exact) mass is 229 g/mol. The van der Waals surface area contributed by atoms with E-state index in [2.05, 4.69) is 18.4 Å². The maximum absolute atomic E-state index is 5.91. The van der Waals surface area contributed by atoms with Crippen molar-refractivity contribution in [3.63, 3.8) is 0 Å². The first-order valence-electron chi connectivity index (χ1n) is 5.19. The molecule has 1 nitrogen and oxygen atoms in total. The van der Waals surface area contributed by atoms with Crippen LogP contribution in [0.25, 0.3) is 0 Å². The highest BCUT2D eigenvalue weighted by Gasteiger charge is 2.23. The molecule has 0 aliphatic heterocycles. The molecule has 78 valence electrons. The second kappa shape index (κ2) is 4.65. The van der Waals surface area contributed by atoms with Gasteiger partial charge < -0.3 is 5.32 Å². The maximum atomic E-state index is 5.91. The van der Waals surface area contributed by atoms with Crippen molar-refractivity contribution in [1.82, 2.24) is 5.32 Å². The molecule has 1 fully saturated rings. The van der Waals surface area contributed by atoms with E-state index in [1.54, 1.807) is 11.3 Å². The van der Waals surface area contributed by atoms with Crippen molar-refractivity contribution in [2.75, 3.05) is 7.05 Å². The molecule has 0 radical (unpaired) electrons. The topological polar surface area (TPSA) is 12.0 Å². The molecular weight excluding hydrogens is 214 g/mol. The van der Waals surface area contributed by atoms with Crippen molar-refractivity contribution in [3.05, 3.63) is 21.3 Å². The minimum atomic E-state index is 0.746. The fourth-order valence-electron chi connectivity index (χ4n) is 2.27. The Morgan fingerprint density at radius 3 is 2.93 bits per heavy atom. The van der Waals surface area contributed by atoms with Crippen molar-refractivity contribution in [2.45, 2.75) is 31.7 Å². The summed E-state index contributed by atoms with van der Waals surface area (Å²) in [5.41, 5.74) is 0. The van der Waals surface area contributed by atoms with Crippen LogP contribution in [0.3, 0.4) is 0 Å². The molecule has 1 aromatic heterocycles. The molecule has 1 aromatic rings. The molecule has 0 amide bonds. The van der Waals surface area contributed by atoms with Gasteiger partial charge in [-0.15, -0.1) is 11.3 Å². The Morgan fingerprint density at radius 1 is 1.50 bits per heavy atom. The summed E-state index contributed by atoms with van der Waals surface area (Å²) in [6.07, 6.45) is 5.24. The van der Waals surface area contributed by atoms with Gasteiger partial charge in [-0.1, -0.05) is 11.6 Å². The first kappa shape index (κ1) is 10.5. The largest absolute Gasteiger partial charge is 0.317 e. The number of hydrogen-bond acceptors (Lipinski definition) is 2. The van der Waals surface area contributed by atoms with Gasteiger partial charge in [0.1, 0.15) is 0 Å². The third-order valence-electron chi connectivity index (χ3n) is 3.07. The predicted molar refractivity (Wildman–Crippen MR) is 63.2 cm³/mol. The first-order valence-corrected chi connectivity index (χ1v) is 6.39. The highest BCUT2D eigenvalue weighted by atomic mass is 35.5. The summed E-state index contributed by atoms with van der Waals surface area (Å²) in [7, 11) is 2.06. The molecule has 14 heavy (non-hydrogen) atoms. The van der Waals surface area contributed by atoms with Gasteiger partial charge in [0, 0.05) is 10.9 Å². The van der Waals surface area contributed by atoms with Crippen LogP contribution in [0.15, 0.2) is 12.1 Å². The second-order valence-electron chi connectivity index (χ2n) is 4.07. The van der Waals surface area contributed by atoms with Gasteiger partial charge in [-0.25, -0.2) is 0 Å². The molecule has 3 heteroatoms. The lowest BCUT2D eigenvalue weighted by molar-refractivity contribution is 0.512. The summed E-state index contributed by atoms with van der Waals surface area (Å²) in [6, 6.07) is 4.92. The number of rotatable bonds is 3. The molecule has 1 aliphatic rings. The zero-order valence-corrected chi connectivity index (χ0v) is 10.00. The van der Waals surface area contributed by atoms with E-state index in [1.165, 1.54) is 30.6 Å². The first-order chi connectivity index (χ1) is 6.78. The minimum Gasteiger partial charge on any atom is -0.317 e. The summed E-state index contributed by atoms with van der Waals surface area (Å²) in [5, 5.41) is 3.36. The smallest absolute Gasteiger partial charge is 0.0931 e. The van der Waals surface area contributed by atoms with E-state index in [1.807, 2.05) is 6.07 Å². The van der Waals surface area contributed by atoms with E-state index in [4.69, 9.17) is 11.6 Å². The number of hydrogen-bond donors (Lipinski definition) is 1. The van der Waals surface area contributed by atoms with Crippen molar-refractivity contribution in [1.29, 1.82) is 0 Å². The van der Waals surface area contributed by atoms with Gasteiger partial charge in [-0.3, -0.25) is 0 Å². The average molecular weight is 230 g/mol. The van der Waals surface area contributed by atoms with Crippen LogP contribution in [-0.4, -0.2) is 13.1 Å². The second-order valence-corrected chi connectivity index (χ2v) is 5.87. The van der Waals surface area contributed by atoms with Gasteiger partial charge in [0.15, 0.2) is 0 Å². The molecule has 2 unspecified atom stereocenters. The van der Waals surface area contributed by atoms with Crippen LogP contribution in [0.2, 0.25) is 4.34 Å². The van der Waals surface area contributed by atoms with E-state index in [-0.39, 0.29) is 0 Å². The van der Waals surface area contributed by atoms with Gasteiger partial charge in [0.25, 0.3) is 0 Å². The van der Waals surface area contributed by atoms with Crippen molar-refractivity contribution < 1.29 is 0 Å². The van der Waals surface area contributed by atoms with Gasteiger partial charge in [-0.2, -0.15) is 0 Å². The van der Waals surface area contributed by atoms with Gasteiger partial charge in [0.05, 0.1) is 4.34 Å². The van der Waals surface area contributed by atoms with Crippen LogP contribution in [0.5, 0.6) is 0 Å². The van der Waals surface area contributed by atoms with E-state index in [9.17, 15) is 0 Å². The Kier molecular flexibility index (Phi) is 3.47. The lowest BCUT2D eigenvalue weighted by Crippen LogP contribution is -2.21. The summed E-state index contributed by atoms with van der Waals surface area (Å²) < 4.78 is 0.920. The fraction of sp³-hybridized carbons (Fsp3) is 0.636. The fourth-order valence-corrected chi connectivity index (χ4v) is 3.47. The predicted octanol–water partition coefficient (Wildman–Crippen LogP) is 3.33. The number of thiophene rings is 1. The molecule has 2 rings (SSSR count). The molecule has 0 spiro atoms. The molecule has 2 atom stereocenters. The molecule has 1 aliphatic carbocycles. The SMILES string of the molecule is CNC1CCC(Cc2ccc(Cl)s2)C1. The van der Waals surface area contributed by atoms with E-state index >= 15 is 0 Å². The summed E-state index contributed by atoms with van der Waals surface area (Å²) >= 11 is 7.64. The van der Waals surface area contributed by atoms with Crippen LogP contribution < -0.4 is 5.32 Å². The number of nitrogens with one attached hydrogen (secondary N) is 1. The van der Waals surface area contributed by atoms with Crippen molar-refractivity contribution in [3.8, 4) is 0 Å². The molecule has 1 N–H and O–H groups in total. The van der Waals surface area contributed by atoms with Crippen LogP contribution in [-0.2, 0) is 6.42 Å². The normalized spacial score (nSPS) is 27.0. The summed E-state index contributed by atoms with van der Waals surface area (Å²) in [6.45, 7) is 0. The zero-order valence-electron chi connectivity index (χ0n) is 8.42. The van der Waals surface area contributed by atoms with E-state index < -0.39 is 0 Å². The van der Waals surface area contributed by atoms with Gasteiger partial charge in [-0.05, 0) is 50.8 Å². The molecule has 0 aromatic carbocycles. The highest BCUT2D eigenvalue weighted by molar-refractivity contribution is 7.16. The average Bonchev–Trinajstić information content (AvgIpc) is 2.76. The van der Waals surface area contributed by atoms with Crippen molar-refractivity contribution in [2.24, 2.45) is 5.92 Å². The maximum Gasteiger partial charge on any atom is 0.0931 e. The quantitative estimate of drug-likeness (QED) is 0.839. The Balaban J connectivity index is 1.87. The summed E-state index contributed by atoms with van der Waals surface area (Å²) in [4.78, 5) is 1.44. The Hall–Kier alpha value is -0.0500. The third-order valence-corrected chi connectivity index (χ3v) is 4.32. The molecule has 0 saturated heterocycles. The van der Waals surface area contributed by atoms with Crippen LogP contribution in [0.1, 0.15) is 24.1 Å². The summed E-state index contributed by atoms with van der Waals surface area (Å²) in [5.74, 6) is 0.863. The highest BCUT2D eigenvalue weighted by Crippen LogP contribution is 2.31. The molecular formula is C11H16ClNS. The van der Waals surface area contributed by atoms with Crippen LogP contribution in [0.4, 0.5) is 0 Å². The Bertz CT molecular complexity index is 297. The Labute approximate surface area is 94.5 Å². The molecule has 1 heterocycles. The van der Waals surface area contributed by atoms with Crippen LogP contribution in [0, 0.1) is 5.92 Å².